The molecule has 0 aromatic heterocycles. The molecule has 0 spiro atoms. The van der Waals surface area contributed by atoms with Crippen molar-refractivity contribution < 1.29 is 37.5 Å². The number of carbonyl (C=O) groups is 1. The molecule has 3 aromatic carbocycles. The van der Waals surface area contributed by atoms with Gasteiger partial charge in [0.25, 0.3) is 0 Å². The van der Waals surface area contributed by atoms with Crippen LogP contribution in [0.15, 0.2) is 77.8 Å². The number of aliphatic imine (C=N–C) groups is 1. The average Bonchev–Trinajstić information content (AvgIpc) is 3.25. The predicted octanol–water partition coefficient (Wildman–Crippen LogP) is 6.79. The molecule has 5 nitrogen and oxygen atoms in total. The molecule has 2 aliphatic rings. The fraction of sp³-hybridized carbons (Fsp3) is 0.333. The zero-order valence-corrected chi connectivity index (χ0v) is 24.2. The van der Waals surface area contributed by atoms with E-state index >= 15 is 0 Å². The number of nitrogens with one attached hydrogen (secondary N) is 1. The van der Waals surface area contributed by atoms with E-state index in [9.17, 15) is 4.79 Å². The van der Waals surface area contributed by atoms with Gasteiger partial charge < -0.3 is 10.6 Å². The van der Waals surface area contributed by atoms with Crippen LogP contribution in [0.5, 0.6) is 0 Å². The van der Waals surface area contributed by atoms with Crippen molar-refractivity contribution in [2.24, 2.45) is 4.99 Å². The minimum absolute atomic E-state index is 0. The number of nitrogens with zero attached hydrogens (tertiary/aromatic N) is 3. The molecule has 2 heterocycles. The second kappa shape index (κ2) is 11.4. The number of carbonyl (C=O) groups excluding carboxylic acids is 1. The number of piperidine rings is 1. The smallest absolute Gasteiger partial charge is 0.326 e. The maximum absolute atomic E-state index is 14.2. The summed E-state index contributed by atoms with van der Waals surface area (Å²) in [5, 5.41) is 0. The van der Waals surface area contributed by atoms with E-state index in [-0.39, 0.29) is 56.9 Å². The maximum atomic E-state index is 14.2. The molecule has 3 aromatic rings. The summed E-state index contributed by atoms with van der Waals surface area (Å²) in [4.78, 5) is 23.3. The molecular weight excluding hydrogens is 521 g/mol. The van der Waals surface area contributed by atoms with Crippen LogP contribution in [0.25, 0.3) is 5.73 Å². The largest absolute Gasteiger partial charge is 0.675 e. The van der Waals surface area contributed by atoms with Gasteiger partial charge in [-0.2, -0.15) is 0 Å². The molecule has 1 saturated heterocycles. The number of benzene rings is 3. The van der Waals surface area contributed by atoms with E-state index in [4.69, 9.17) is 10.7 Å². The van der Waals surface area contributed by atoms with Crippen LogP contribution in [-0.2, 0) is 32.7 Å². The van der Waals surface area contributed by atoms with Crippen molar-refractivity contribution >= 4 is 11.9 Å². The second-order valence-corrected chi connectivity index (χ2v) is 9.89. The molecule has 2 amide bonds. The summed E-state index contributed by atoms with van der Waals surface area (Å²) in [6.45, 7) is 7.47. The Hall–Kier alpha value is -2.34. The molecule has 2 unspecified atom stereocenters. The first-order valence-electron chi connectivity index (χ1n) is 12.5. The number of urea groups is 1. The number of hydrogen-bond acceptors (Lipinski definition) is 2. The predicted molar refractivity (Wildman–Crippen MR) is 142 cm³/mol. The fourth-order valence-electron chi connectivity index (χ4n) is 5.11. The minimum atomic E-state index is -0.242. The van der Waals surface area contributed by atoms with Gasteiger partial charge in [0.2, 0.25) is 0 Å². The Bertz CT molecular complexity index is 1230. The van der Waals surface area contributed by atoms with Crippen molar-refractivity contribution in [3.05, 3.63) is 112 Å². The summed E-state index contributed by atoms with van der Waals surface area (Å²) < 4.78 is 0. The zero-order chi connectivity index (χ0) is 24.5. The van der Waals surface area contributed by atoms with Crippen LogP contribution >= 0.6 is 0 Å². The van der Waals surface area contributed by atoms with Gasteiger partial charge >= 0.3 is 6.03 Å². The van der Waals surface area contributed by atoms with Crippen LogP contribution in [0.3, 0.4) is 0 Å². The van der Waals surface area contributed by atoms with Gasteiger partial charge in [0.05, 0.1) is 6.04 Å². The Morgan fingerprint density at radius 3 is 1.97 bits per heavy atom. The Morgan fingerprint density at radius 2 is 1.39 bits per heavy atom. The SMILES string of the molecule is Cc1ccc(C2N=C(c3ccccc3C)N(C(=O)N3CCC([NH-])CC3)C2c2ccc(C)cc2)cc1.[Y]. The molecule has 183 valence electrons. The first kappa shape index (κ1) is 26.7. The normalized spacial score (nSPS) is 20.2. The molecule has 0 bridgehead atoms. The maximum Gasteiger partial charge on any atom is 0.326 e. The third kappa shape index (κ3) is 5.34. The van der Waals surface area contributed by atoms with E-state index in [0.717, 1.165) is 28.1 Å². The molecule has 0 aliphatic carbocycles. The standard InChI is InChI=1S/C30H33N4O.Y/c1-20-8-12-23(13-9-20)27-28(24-14-10-21(2)11-15-24)34(30(35)33-18-16-25(31)17-19-33)29(32-27)26-7-5-4-6-22(26)3;/h4-15,25,27-28,31H,16-19H2,1-3H3;/q-1;. The zero-order valence-electron chi connectivity index (χ0n) is 21.3. The molecule has 5 rings (SSSR count). The van der Waals surface area contributed by atoms with E-state index in [2.05, 4.69) is 81.4 Å². The summed E-state index contributed by atoms with van der Waals surface area (Å²) in [6.07, 6.45) is 1.43. The summed E-state index contributed by atoms with van der Waals surface area (Å²) in [6, 6.07) is 24.6. The Kier molecular flexibility index (Phi) is 8.44. The number of amidine groups is 1. The van der Waals surface area contributed by atoms with Crippen LogP contribution in [0.2, 0.25) is 0 Å². The van der Waals surface area contributed by atoms with Gasteiger partial charge in [-0.15, -0.1) is 6.04 Å². The van der Waals surface area contributed by atoms with Gasteiger partial charge in [-0.25, -0.2) is 4.79 Å². The van der Waals surface area contributed by atoms with Gasteiger partial charge in [0.1, 0.15) is 11.9 Å². The molecule has 2 atom stereocenters. The summed E-state index contributed by atoms with van der Waals surface area (Å²) in [5.41, 5.74) is 14.8. The number of hydrogen-bond donors (Lipinski definition) is 0. The van der Waals surface area contributed by atoms with Crippen LogP contribution in [0, 0.1) is 20.8 Å². The van der Waals surface area contributed by atoms with Gasteiger partial charge in [-0.1, -0.05) is 96.8 Å². The summed E-state index contributed by atoms with van der Waals surface area (Å²) >= 11 is 0. The summed E-state index contributed by atoms with van der Waals surface area (Å²) in [5.74, 6) is 0.734. The Morgan fingerprint density at radius 1 is 0.833 bits per heavy atom. The molecular formula is C30H33N4OY-. The van der Waals surface area contributed by atoms with Gasteiger partial charge in [-0.3, -0.25) is 9.89 Å². The van der Waals surface area contributed by atoms with Crippen molar-refractivity contribution in [2.45, 2.75) is 51.7 Å². The third-order valence-electron chi connectivity index (χ3n) is 7.26. The van der Waals surface area contributed by atoms with Crippen molar-refractivity contribution in [2.75, 3.05) is 13.1 Å². The van der Waals surface area contributed by atoms with Crippen LogP contribution in [-0.4, -0.2) is 40.8 Å². The van der Waals surface area contributed by atoms with Gasteiger partial charge in [-0.05, 0) is 37.5 Å². The summed E-state index contributed by atoms with van der Waals surface area (Å²) in [7, 11) is 0. The monoisotopic (exact) mass is 554 g/mol. The molecule has 1 N–H and O–H groups in total. The van der Waals surface area contributed by atoms with Crippen molar-refractivity contribution in [3.8, 4) is 0 Å². The van der Waals surface area contributed by atoms with Crippen molar-refractivity contribution in [3.63, 3.8) is 0 Å². The second-order valence-electron chi connectivity index (χ2n) is 9.89. The van der Waals surface area contributed by atoms with Crippen LogP contribution < -0.4 is 0 Å². The quantitative estimate of drug-likeness (QED) is 0.352. The van der Waals surface area contributed by atoms with Crippen LogP contribution in [0.1, 0.15) is 58.3 Å². The number of aryl methyl sites for hydroxylation is 3. The van der Waals surface area contributed by atoms with Gasteiger partial charge in [0.15, 0.2) is 0 Å². The van der Waals surface area contributed by atoms with E-state index in [1.165, 1.54) is 11.1 Å². The molecule has 2 aliphatic heterocycles. The molecule has 36 heavy (non-hydrogen) atoms. The molecule has 1 radical (unpaired) electrons. The first-order valence-corrected chi connectivity index (χ1v) is 12.5. The average molecular weight is 555 g/mol. The number of amides is 2. The number of rotatable bonds is 3. The van der Waals surface area contributed by atoms with Crippen LogP contribution in [0.4, 0.5) is 4.79 Å². The topological polar surface area (TPSA) is 59.7 Å². The van der Waals surface area contributed by atoms with Gasteiger partial charge in [0, 0.05) is 51.4 Å². The first-order chi connectivity index (χ1) is 16.9. The number of likely N-dealkylation sites (tertiary alicyclic amines) is 1. The Labute approximate surface area is 239 Å². The molecule has 6 heteroatoms. The third-order valence-corrected chi connectivity index (χ3v) is 7.26. The fourth-order valence-corrected chi connectivity index (χ4v) is 5.11. The molecule has 1 fully saturated rings. The minimum Gasteiger partial charge on any atom is -0.675 e. The van der Waals surface area contributed by atoms with E-state index in [0.29, 0.717) is 25.9 Å². The van der Waals surface area contributed by atoms with E-state index in [1.54, 1.807) is 0 Å². The van der Waals surface area contributed by atoms with Crippen molar-refractivity contribution in [1.82, 2.24) is 9.80 Å². The Balaban J connectivity index is 0.00000304. The van der Waals surface area contributed by atoms with Crippen molar-refractivity contribution in [1.29, 1.82) is 0 Å². The van der Waals surface area contributed by atoms with E-state index < -0.39 is 0 Å². The molecule has 0 saturated carbocycles. The van der Waals surface area contributed by atoms with E-state index in [1.807, 2.05) is 21.9 Å².